The molecule has 1 unspecified atom stereocenters. The molecule has 20 heavy (non-hydrogen) atoms. The monoisotopic (exact) mass is 291 g/mol. The number of halogens is 1. The SMILES string of the molecule is CNCC(Cc1c(Cl)c(C)nn1C)c1ccccc1C. The molecule has 0 spiro atoms. The molecule has 4 heteroatoms. The molecule has 1 heterocycles. The largest absolute Gasteiger partial charge is 0.319 e. The van der Waals surface area contributed by atoms with Crippen molar-refractivity contribution in [3.05, 3.63) is 51.8 Å². The lowest BCUT2D eigenvalue weighted by Crippen LogP contribution is -2.21. The van der Waals surface area contributed by atoms with Crippen molar-refractivity contribution in [1.29, 1.82) is 0 Å². The van der Waals surface area contributed by atoms with Crippen LogP contribution in [0, 0.1) is 13.8 Å². The Bertz CT molecular complexity index is 589. The Morgan fingerprint density at radius 1 is 1.30 bits per heavy atom. The number of likely N-dealkylation sites (N-methyl/N-ethyl adjacent to an activating group) is 1. The van der Waals surface area contributed by atoms with Crippen LogP contribution < -0.4 is 5.32 Å². The molecular formula is C16H22ClN3. The van der Waals surface area contributed by atoms with E-state index in [4.69, 9.17) is 11.6 Å². The number of rotatable bonds is 5. The van der Waals surface area contributed by atoms with E-state index in [1.54, 1.807) is 0 Å². The van der Waals surface area contributed by atoms with Crippen LogP contribution in [0.1, 0.15) is 28.4 Å². The second kappa shape index (κ2) is 6.42. The third-order valence-corrected chi connectivity index (χ3v) is 4.27. The average Bonchev–Trinajstić information content (AvgIpc) is 2.65. The van der Waals surface area contributed by atoms with Crippen molar-refractivity contribution in [2.24, 2.45) is 7.05 Å². The summed E-state index contributed by atoms with van der Waals surface area (Å²) in [5, 5.41) is 8.48. The molecule has 0 aliphatic heterocycles. The molecule has 0 amide bonds. The Morgan fingerprint density at radius 2 is 2.00 bits per heavy atom. The Morgan fingerprint density at radius 3 is 2.55 bits per heavy atom. The topological polar surface area (TPSA) is 29.9 Å². The molecule has 1 atom stereocenters. The van der Waals surface area contributed by atoms with Gasteiger partial charge in [-0.2, -0.15) is 5.10 Å². The van der Waals surface area contributed by atoms with Gasteiger partial charge in [-0.1, -0.05) is 35.9 Å². The minimum atomic E-state index is 0.397. The third kappa shape index (κ3) is 3.05. The van der Waals surface area contributed by atoms with Crippen LogP contribution in [-0.2, 0) is 13.5 Å². The first kappa shape index (κ1) is 15.1. The smallest absolute Gasteiger partial charge is 0.0847 e. The van der Waals surface area contributed by atoms with Gasteiger partial charge in [0, 0.05) is 19.5 Å². The van der Waals surface area contributed by atoms with Crippen LogP contribution in [0.2, 0.25) is 5.02 Å². The molecule has 2 aromatic rings. The molecule has 0 aliphatic carbocycles. The predicted molar refractivity (Wildman–Crippen MR) is 84.5 cm³/mol. The zero-order valence-electron chi connectivity index (χ0n) is 12.6. The lowest BCUT2D eigenvalue weighted by atomic mass is 9.90. The second-order valence-corrected chi connectivity index (χ2v) is 5.66. The van der Waals surface area contributed by atoms with Gasteiger partial charge in [0.15, 0.2) is 0 Å². The van der Waals surface area contributed by atoms with Gasteiger partial charge >= 0.3 is 0 Å². The number of nitrogens with one attached hydrogen (secondary N) is 1. The highest BCUT2D eigenvalue weighted by Crippen LogP contribution is 2.28. The summed E-state index contributed by atoms with van der Waals surface area (Å²) in [5.41, 5.74) is 4.70. The maximum Gasteiger partial charge on any atom is 0.0847 e. The van der Waals surface area contributed by atoms with Crippen LogP contribution in [0.25, 0.3) is 0 Å². The van der Waals surface area contributed by atoms with Crippen molar-refractivity contribution in [1.82, 2.24) is 15.1 Å². The molecule has 0 saturated heterocycles. The molecule has 108 valence electrons. The highest BCUT2D eigenvalue weighted by molar-refractivity contribution is 6.31. The van der Waals surface area contributed by atoms with Gasteiger partial charge in [0.1, 0.15) is 0 Å². The standard InChI is InChI=1S/C16H22ClN3/c1-11-7-5-6-8-14(11)13(10-18-3)9-15-16(17)12(2)19-20(15)4/h5-8,13,18H,9-10H2,1-4H3. The highest BCUT2D eigenvalue weighted by Gasteiger charge is 2.19. The minimum Gasteiger partial charge on any atom is -0.319 e. The lowest BCUT2D eigenvalue weighted by Gasteiger charge is -2.19. The molecule has 2 rings (SSSR count). The molecule has 1 N–H and O–H groups in total. The Labute approximate surface area is 126 Å². The quantitative estimate of drug-likeness (QED) is 0.916. The van der Waals surface area contributed by atoms with E-state index in [1.165, 1.54) is 11.1 Å². The van der Waals surface area contributed by atoms with Crippen molar-refractivity contribution in [3.63, 3.8) is 0 Å². The highest BCUT2D eigenvalue weighted by atomic mass is 35.5. The van der Waals surface area contributed by atoms with Crippen molar-refractivity contribution in [2.75, 3.05) is 13.6 Å². The van der Waals surface area contributed by atoms with E-state index in [0.29, 0.717) is 5.92 Å². The van der Waals surface area contributed by atoms with Gasteiger partial charge in [-0.25, -0.2) is 0 Å². The van der Waals surface area contributed by atoms with Gasteiger partial charge in [-0.05, 0) is 38.4 Å². The fourth-order valence-corrected chi connectivity index (χ4v) is 2.96. The molecular weight excluding hydrogens is 270 g/mol. The molecule has 1 aromatic carbocycles. The molecule has 3 nitrogen and oxygen atoms in total. The number of hydrogen-bond acceptors (Lipinski definition) is 2. The van der Waals surface area contributed by atoms with Crippen molar-refractivity contribution in [3.8, 4) is 0 Å². The van der Waals surface area contributed by atoms with Gasteiger partial charge in [-0.3, -0.25) is 4.68 Å². The number of benzene rings is 1. The summed E-state index contributed by atoms with van der Waals surface area (Å²) in [6.07, 6.45) is 0.891. The van der Waals surface area contributed by atoms with Crippen molar-refractivity contribution < 1.29 is 0 Å². The minimum absolute atomic E-state index is 0.397. The predicted octanol–water partition coefficient (Wildman–Crippen LogP) is 3.24. The van der Waals surface area contributed by atoms with Gasteiger partial charge in [0.25, 0.3) is 0 Å². The first-order chi connectivity index (χ1) is 9.54. The van der Waals surface area contributed by atoms with Gasteiger partial charge < -0.3 is 5.32 Å². The van der Waals surface area contributed by atoms with E-state index in [9.17, 15) is 0 Å². The summed E-state index contributed by atoms with van der Waals surface area (Å²) in [6, 6.07) is 8.54. The van der Waals surface area contributed by atoms with E-state index in [-0.39, 0.29) is 0 Å². The molecule has 0 radical (unpaired) electrons. The van der Waals surface area contributed by atoms with E-state index in [0.717, 1.165) is 29.4 Å². The summed E-state index contributed by atoms with van der Waals surface area (Å²) in [7, 11) is 3.95. The average molecular weight is 292 g/mol. The lowest BCUT2D eigenvalue weighted by molar-refractivity contribution is 0.589. The summed E-state index contributed by atoms with van der Waals surface area (Å²) < 4.78 is 1.90. The fraction of sp³-hybridized carbons (Fsp3) is 0.438. The normalized spacial score (nSPS) is 12.7. The van der Waals surface area contributed by atoms with Crippen LogP contribution in [0.15, 0.2) is 24.3 Å². The van der Waals surface area contributed by atoms with E-state index < -0.39 is 0 Å². The zero-order chi connectivity index (χ0) is 14.7. The van der Waals surface area contributed by atoms with Crippen LogP contribution in [-0.4, -0.2) is 23.4 Å². The first-order valence-electron chi connectivity index (χ1n) is 6.92. The fourth-order valence-electron chi connectivity index (χ4n) is 2.72. The third-order valence-electron chi connectivity index (χ3n) is 3.78. The summed E-state index contributed by atoms with van der Waals surface area (Å²) >= 11 is 6.38. The van der Waals surface area contributed by atoms with Gasteiger partial charge in [0.05, 0.1) is 16.4 Å². The van der Waals surface area contributed by atoms with Crippen LogP contribution >= 0.6 is 11.6 Å². The van der Waals surface area contributed by atoms with E-state index in [2.05, 4.69) is 41.6 Å². The molecule has 0 aliphatic rings. The van der Waals surface area contributed by atoms with Crippen molar-refractivity contribution >= 4 is 11.6 Å². The number of aromatic nitrogens is 2. The maximum absolute atomic E-state index is 6.38. The summed E-state index contributed by atoms with van der Waals surface area (Å²) in [4.78, 5) is 0. The first-order valence-corrected chi connectivity index (χ1v) is 7.30. The molecule has 0 fully saturated rings. The van der Waals surface area contributed by atoms with Gasteiger partial charge in [0.2, 0.25) is 0 Å². The number of hydrogen-bond donors (Lipinski definition) is 1. The van der Waals surface area contributed by atoms with E-state index >= 15 is 0 Å². The van der Waals surface area contributed by atoms with Crippen molar-refractivity contribution in [2.45, 2.75) is 26.2 Å². The van der Waals surface area contributed by atoms with Crippen LogP contribution in [0.4, 0.5) is 0 Å². The second-order valence-electron chi connectivity index (χ2n) is 5.29. The Hall–Kier alpha value is -1.32. The van der Waals surface area contributed by atoms with Crippen LogP contribution in [0.5, 0.6) is 0 Å². The van der Waals surface area contributed by atoms with E-state index in [1.807, 2.05) is 25.7 Å². The number of aryl methyl sites for hydroxylation is 3. The maximum atomic E-state index is 6.38. The van der Waals surface area contributed by atoms with Gasteiger partial charge in [-0.15, -0.1) is 0 Å². The molecule has 0 saturated carbocycles. The molecule has 0 bridgehead atoms. The summed E-state index contributed by atoms with van der Waals surface area (Å²) in [5.74, 6) is 0.397. The zero-order valence-corrected chi connectivity index (χ0v) is 13.3. The Balaban J connectivity index is 2.33. The summed E-state index contributed by atoms with van der Waals surface area (Å²) in [6.45, 7) is 5.03. The number of nitrogens with zero attached hydrogens (tertiary/aromatic N) is 2. The Kier molecular flexibility index (Phi) is 4.84. The molecule has 1 aromatic heterocycles. The van der Waals surface area contributed by atoms with Crippen LogP contribution in [0.3, 0.4) is 0 Å².